The molecular weight excluding hydrogens is 254 g/mol. The number of nitrogens with one attached hydrogen (secondary N) is 1. The van der Waals surface area contributed by atoms with E-state index in [4.69, 9.17) is 14.2 Å². The molecule has 1 saturated heterocycles. The fraction of sp³-hybridized carbons (Fsp3) is 0.625. The molecule has 1 fully saturated rings. The van der Waals surface area contributed by atoms with Gasteiger partial charge in [0, 0.05) is 24.3 Å². The highest BCUT2D eigenvalue weighted by Gasteiger charge is 2.20. The molecule has 0 saturated carbocycles. The normalized spacial score (nSPS) is 18.9. The third kappa shape index (κ3) is 3.44. The van der Waals surface area contributed by atoms with Gasteiger partial charge in [-0.1, -0.05) is 6.42 Å². The zero-order valence-corrected chi connectivity index (χ0v) is 12.7. The number of piperidine rings is 1. The van der Waals surface area contributed by atoms with Crippen LogP contribution in [0.25, 0.3) is 0 Å². The molecule has 1 atom stereocenters. The Bertz CT molecular complexity index is 428. The van der Waals surface area contributed by atoms with Crippen LogP contribution in [0.5, 0.6) is 11.5 Å². The van der Waals surface area contributed by atoms with Crippen LogP contribution in [0.4, 0.5) is 0 Å². The topological polar surface area (TPSA) is 39.7 Å². The molecule has 0 amide bonds. The van der Waals surface area contributed by atoms with E-state index in [9.17, 15) is 0 Å². The third-order valence-corrected chi connectivity index (χ3v) is 3.89. The van der Waals surface area contributed by atoms with E-state index in [0.717, 1.165) is 35.6 Å². The zero-order chi connectivity index (χ0) is 14.4. The van der Waals surface area contributed by atoms with E-state index >= 15 is 0 Å². The van der Waals surface area contributed by atoms with Crippen LogP contribution in [0.2, 0.25) is 0 Å². The first-order valence-electron chi connectivity index (χ1n) is 7.25. The van der Waals surface area contributed by atoms with Crippen LogP contribution >= 0.6 is 0 Å². The minimum Gasteiger partial charge on any atom is -0.496 e. The summed E-state index contributed by atoms with van der Waals surface area (Å²) in [5, 5.41) is 3.58. The van der Waals surface area contributed by atoms with Crippen molar-refractivity contribution < 1.29 is 14.2 Å². The molecule has 1 aliphatic rings. The Labute approximate surface area is 121 Å². The van der Waals surface area contributed by atoms with E-state index in [2.05, 4.69) is 5.32 Å². The van der Waals surface area contributed by atoms with Gasteiger partial charge >= 0.3 is 0 Å². The SMILES string of the molecule is COCc1ccc(OC)c(CC2CCCCN2)c1OC. The summed E-state index contributed by atoms with van der Waals surface area (Å²) in [6.45, 7) is 1.66. The number of hydrogen-bond acceptors (Lipinski definition) is 4. The first-order valence-corrected chi connectivity index (χ1v) is 7.25. The predicted molar refractivity (Wildman–Crippen MR) is 79.6 cm³/mol. The van der Waals surface area contributed by atoms with Gasteiger partial charge in [-0.15, -0.1) is 0 Å². The molecule has 112 valence electrons. The summed E-state index contributed by atoms with van der Waals surface area (Å²) >= 11 is 0. The highest BCUT2D eigenvalue weighted by Crippen LogP contribution is 2.34. The number of hydrogen-bond donors (Lipinski definition) is 1. The molecule has 1 heterocycles. The van der Waals surface area contributed by atoms with Gasteiger partial charge in [0.1, 0.15) is 11.5 Å². The van der Waals surface area contributed by atoms with Gasteiger partial charge in [0.15, 0.2) is 0 Å². The molecule has 1 N–H and O–H groups in total. The highest BCUT2D eigenvalue weighted by molar-refractivity contribution is 5.50. The van der Waals surface area contributed by atoms with Gasteiger partial charge in [0.25, 0.3) is 0 Å². The molecule has 0 bridgehead atoms. The van der Waals surface area contributed by atoms with Gasteiger partial charge in [-0.25, -0.2) is 0 Å². The lowest BCUT2D eigenvalue weighted by atomic mass is 9.95. The van der Waals surface area contributed by atoms with Gasteiger partial charge in [-0.3, -0.25) is 0 Å². The molecule has 1 unspecified atom stereocenters. The second-order valence-corrected chi connectivity index (χ2v) is 5.22. The average molecular weight is 279 g/mol. The third-order valence-electron chi connectivity index (χ3n) is 3.89. The van der Waals surface area contributed by atoms with E-state index in [1.165, 1.54) is 19.3 Å². The number of rotatable bonds is 6. The van der Waals surface area contributed by atoms with E-state index in [1.807, 2.05) is 12.1 Å². The maximum absolute atomic E-state index is 5.63. The lowest BCUT2D eigenvalue weighted by Gasteiger charge is -2.25. The largest absolute Gasteiger partial charge is 0.496 e. The van der Waals surface area contributed by atoms with Gasteiger partial charge in [0.05, 0.1) is 20.8 Å². The van der Waals surface area contributed by atoms with Gasteiger partial charge in [-0.05, 0) is 37.9 Å². The Morgan fingerprint density at radius 3 is 2.60 bits per heavy atom. The summed E-state index contributed by atoms with van der Waals surface area (Å²) in [5.41, 5.74) is 2.21. The fourth-order valence-corrected chi connectivity index (χ4v) is 2.91. The van der Waals surface area contributed by atoms with Crippen molar-refractivity contribution in [3.8, 4) is 11.5 Å². The summed E-state index contributed by atoms with van der Waals surface area (Å²) in [6.07, 6.45) is 4.71. The van der Waals surface area contributed by atoms with Gasteiger partial charge in [0.2, 0.25) is 0 Å². The summed E-state index contributed by atoms with van der Waals surface area (Å²) in [4.78, 5) is 0. The van der Waals surface area contributed by atoms with Crippen LogP contribution in [0.1, 0.15) is 30.4 Å². The average Bonchev–Trinajstić information content (AvgIpc) is 2.49. The highest BCUT2D eigenvalue weighted by atomic mass is 16.5. The lowest BCUT2D eigenvalue weighted by molar-refractivity contribution is 0.181. The van der Waals surface area contributed by atoms with Crippen molar-refractivity contribution in [3.05, 3.63) is 23.3 Å². The zero-order valence-electron chi connectivity index (χ0n) is 12.7. The maximum atomic E-state index is 5.63. The van der Waals surface area contributed by atoms with Crippen molar-refractivity contribution in [2.75, 3.05) is 27.9 Å². The standard InChI is InChI=1S/C16H25NO3/c1-18-11-12-7-8-15(19-2)14(16(12)20-3)10-13-6-4-5-9-17-13/h7-8,13,17H,4-6,9-11H2,1-3H3. The quantitative estimate of drug-likeness (QED) is 0.868. The van der Waals surface area contributed by atoms with Gasteiger partial charge in [-0.2, -0.15) is 0 Å². The summed E-state index contributed by atoms with van der Waals surface area (Å²) in [7, 11) is 5.13. The minimum atomic E-state index is 0.504. The van der Waals surface area contributed by atoms with Crippen molar-refractivity contribution in [2.45, 2.75) is 38.3 Å². The summed E-state index contributed by atoms with van der Waals surface area (Å²) < 4.78 is 16.4. The summed E-state index contributed by atoms with van der Waals surface area (Å²) in [6, 6.07) is 4.53. The van der Waals surface area contributed by atoms with E-state index in [1.54, 1.807) is 21.3 Å². The molecule has 0 aliphatic carbocycles. The molecule has 4 nitrogen and oxygen atoms in total. The molecule has 0 radical (unpaired) electrons. The van der Waals surface area contributed by atoms with E-state index in [-0.39, 0.29) is 0 Å². The first-order chi connectivity index (χ1) is 9.80. The first kappa shape index (κ1) is 15.1. The Morgan fingerprint density at radius 1 is 1.15 bits per heavy atom. The minimum absolute atomic E-state index is 0.504. The molecule has 0 aromatic heterocycles. The van der Waals surface area contributed by atoms with Crippen LogP contribution in [-0.2, 0) is 17.8 Å². The van der Waals surface area contributed by atoms with Crippen molar-refractivity contribution >= 4 is 0 Å². The monoisotopic (exact) mass is 279 g/mol. The van der Waals surface area contributed by atoms with E-state index in [0.29, 0.717) is 12.6 Å². The summed E-state index contributed by atoms with van der Waals surface area (Å²) in [5.74, 6) is 1.80. The molecular formula is C16H25NO3. The Morgan fingerprint density at radius 2 is 2.00 bits per heavy atom. The lowest BCUT2D eigenvalue weighted by Crippen LogP contribution is -2.35. The molecule has 1 aliphatic heterocycles. The van der Waals surface area contributed by atoms with Crippen molar-refractivity contribution in [2.24, 2.45) is 0 Å². The Kier molecular flexibility index (Phi) is 5.68. The molecule has 0 spiro atoms. The molecule has 20 heavy (non-hydrogen) atoms. The van der Waals surface area contributed by atoms with Crippen molar-refractivity contribution in [1.29, 1.82) is 0 Å². The maximum Gasteiger partial charge on any atom is 0.131 e. The number of ether oxygens (including phenoxy) is 3. The van der Waals surface area contributed by atoms with Crippen LogP contribution in [0.3, 0.4) is 0 Å². The second kappa shape index (κ2) is 7.50. The Balaban J connectivity index is 2.28. The van der Waals surface area contributed by atoms with Crippen LogP contribution < -0.4 is 14.8 Å². The number of benzene rings is 1. The Hall–Kier alpha value is -1.26. The second-order valence-electron chi connectivity index (χ2n) is 5.22. The fourth-order valence-electron chi connectivity index (χ4n) is 2.91. The smallest absolute Gasteiger partial charge is 0.131 e. The molecule has 1 aromatic rings. The van der Waals surface area contributed by atoms with Crippen LogP contribution in [0.15, 0.2) is 12.1 Å². The van der Waals surface area contributed by atoms with Crippen molar-refractivity contribution in [3.63, 3.8) is 0 Å². The molecule has 1 aromatic carbocycles. The van der Waals surface area contributed by atoms with Crippen LogP contribution in [-0.4, -0.2) is 33.9 Å². The predicted octanol–water partition coefficient (Wildman–Crippen LogP) is 2.53. The van der Waals surface area contributed by atoms with Crippen molar-refractivity contribution in [1.82, 2.24) is 5.32 Å². The van der Waals surface area contributed by atoms with Crippen LogP contribution in [0, 0.1) is 0 Å². The molecule has 2 rings (SSSR count). The number of methoxy groups -OCH3 is 3. The molecule has 4 heteroatoms. The van der Waals surface area contributed by atoms with Gasteiger partial charge < -0.3 is 19.5 Å². The van der Waals surface area contributed by atoms with E-state index < -0.39 is 0 Å².